The van der Waals surface area contributed by atoms with Gasteiger partial charge in [0.15, 0.2) is 11.6 Å². The van der Waals surface area contributed by atoms with Gasteiger partial charge in [0.25, 0.3) is 0 Å². The zero-order chi connectivity index (χ0) is 29.8. The smallest absolute Gasteiger partial charge is 0.509 e. The predicted octanol–water partition coefficient (Wildman–Crippen LogP) is 8.76. The Morgan fingerprint density at radius 2 is 1.52 bits per heavy atom. The van der Waals surface area contributed by atoms with Crippen LogP contribution in [0.2, 0.25) is 0 Å². The van der Waals surface area contributed by atoms with E-state index in [-0.39, 0.29) is 26.0 Å². The van der Waals surface area contributed by atoms with Gasteiger partial charge in [-0.25, -0.2) is 18.2 Å². The van der Waals surface area contributed by atoms with Gasteiger partial charge in [-0.2, -0.15) is 17.2 Å². The molecule has 5 nitrogen and oxygen atoms in total. The van der Waals surface area contributed by atoms with Gasteiger partial charge in [0.05, 0.1) is 11.3 Å². The number of aromatic nitrogens is 4. The Bertz CT molecular complexity index is 2210. The van der Waals surface area contributed by atoms with Gasteiger partial charge in [-0.15, -0.1) is 35.7 Å². The second-order valence-corrected chi connectivity index (χ2v) is 10.3. The van der Waals surface area contributed by atoms with Crippen molar-refractivity contribution in [2.75, 3.05) is 0 Å². The fourth-order valence-corrected chi connectivity index (χ4v) is 5.55. The average molecular weight is 679 g/mol. The van der Waals surface area contributed by atoms with E-state index >= 15 is 0 Å². The van der Waals surface area contributed by atoms with Crippen molar-refractivity contribution in [2.45, 2.75) is 20.8 Å². The van der Waals surface area contributed by atoms with Crippen molar-refractivity contribution in [1.82, 2.24) is 19.3 Å². The standard InChI is InChI=1S/C35H23F3N4O.Pd/c1-20-15-16-39-32(17-20)41-30-10-5-4-9-26(30)27-12-11-25(19-31(27)41)43-24-8-6-7-23(18-24)42-22(3)33(21(2)40-42)34-28(36)13-14-29(37)35(34)38;/h4-17H,1-3H3;/q-2;+2. The molecule has 0 aliphatic rings. The van der Waals surface area contributed by atoms with Crippen molar-refractivity contribution >= 4 is 21.8 Å². The zero-order valence-electron chi connectivity index (χ0n) is 23.7. The van der Waals surface area contributed by atoms with Crippen LogP contribution in [0.25, 0.3) is 44.4 Å². The number of fused-ring (bicyclic) bond motifs is 3. The SMILES string of the molecule is Cc1ccnc(-n2c3[c-]c(Oc4[c-]c(-n5nc(C)c(-c6c(F)ccc(F)c6F)c5C)ccc4)ccc3c3ccccc32)c1.[Pd+2]. The number of hydrogen-bond donors (Lipinski definition) is 0. The summed E-state index contributed by atoms with van der Waals surface area (Å²) in [7, 11) is 0. The van der Waals surface area contributed by atoms with Crippen molar-refractivity contribution in [3.8, 4) is 34.1 Å². The topological polar surface area (TPSA) is 44.9 Å². The molecule has 0 spiro atoms. The van der Waals surface area contributed by atoms with Gasteiger partial charge in [-0.3, -0.25) is 4.68 Å². The molecular formula is C35H23F3N4OPd. The molecule has 0 unspecified atom stereocenters. The minimum Gasteiger partial charge on any atom is -0.509 e. The summed E-state index contributed by atoms with van der Waals surface area (Å²) in [5, 5.41) is 6.57. The number of halogens is 3. The fraction of sp³-hybridized carbons (Fsp3) is 0.0857. The summed E-state index contributed by atoms with van der Waals surface area (Å²) in [6, 6.07) is 29.5. The largest absolute Gasteiger partial charge is 2.00 e. The van der Waals surface area contributed by atoms with E-state index in [1.54, 1.807) is 38.2 Å². The van der Waals surface area contributed by atoms with Gasteiger partial charge in [0.1, 0.15) is 11.6 Å². The summed E-state index contributed by atoms with van der Waals surface area (Å²) in [5.41, 5.74) is 3.90. The predicted molar refractivity (Wildman–Crippen MR) is 159 cm³/mol. The second-order valence-electron chi connectivity index (χ2n) is 10.3. The number of benzene rings is 4. The Balaban J connectivity index is 0.00000343. The van der Waals surface area contributed by atoms with Crippen LogP contribution in [0.15, 0.2) is 85.1 Å². The molecule has 0 fully saturated rings. The van der Waals surface area contributed by atoms with Crippen LogP contribution < -0.4 is 4.74 Å². The fourth-order valence-electron chi connectivity index (χ4n) is 5.55. The van der Waals surface area contributed by atoms with Crippen LogP contribution in [0.5, 0.6) is 11.5 Å². The van der Waals surface area contributed by atoms with E-state index in [2.05, 4.69) is 38.9 Å². The van der Waals surface area contributed by atoms with Crippen LogP contribution in [0.1, 0.15) is 17.0 Å². The molecule has 7 aromatic rings. The molecule has 0 N–H and O–H groups in total. The first kappa shape index (κ1) is 29.4. The Hall–Kier alpha value is -4.71. The number of aryl methyl sites for hydroxylation is 2. The van der Waals surface area contributed by atoms with Crippen molar-refractivity contribution < 1.29 is 38.3 Å². The molecule has 0 saturated carbocycles. The van der Waals surface area contributed by atoms with Gasteiger partial charge >= 0.3 is 20.4 Å². The van der Waals surface area contributed by atoms with Gasteiger partial charge in [-0.05, 0) is 67.7 Å². The first-order valence-corrected chi connectivity index (χ1v) is 13.6. The molecule has 3 aromatic heterocycles. The molecule has 7 rings (SSSR count). The van der Waals surface area contributed by atoms with Gasteiger partial charge in [0, 0.05) is 34.5 Å². The van der Waals surface area contributed by atoms with E-state index in [1.165, 1.54) is 4.68 Å². The normalized spacial score (nSPS) is 11.2. The van der Waals surface area contributed by atoms with Crippen LogP contribution >= 0.6 is 0 Å². The number of hydrogen-bond acceptors (Lipinski definition) is 3. The molecular weight excluding hydrogens is 656 g/mol. The molecule has 0 aliphatic heterocycles. The second kappa shape index (κ2) is 11.4. The van der Waals surface area contributed by atoms with E-state index in [1.807, 2.05) is 43.3 Å². The summed E-state index contributed by atoms with van der Waals surface area (Å²) in [6.45, 7) is 5.31. The summed E-state index contributed by atoms with van der Waals surface area (Å²) >= 11 is 0. The molecule has 44 heavy (non-hydrogen) atoms. The van der Waals surface area contributed by atoms with Gasteiger partial charge in [0.2, 0.25) is 0 Å². The maximum atomic E-state index is 14.7. The molecule has 9 heteroatoms. The third-order valence-corrected chi connectivity index (χ3v) is 7.47. The van der Waals surface area contributed by atoms with E-state index in [4.69, 9.17) is 4.74 Å². The van der Waals surface area contributed by atoms with Crippen LogP contribution in [0.3, 0.4) is 0 Å². The minimum absolute atomic E-state index is 0. The first-order valence-electron chi connectivity index (χ1n) is 13.6. The molecule has 4 aromatic carbocycles. The van der Waals surface area contributed by atoms with E-state index < -0.39 is 23.0 Å². The molecule has 0 aliphatic carbocycles. The number of ether oxygens (including phenoxy) is 1. The Morgan fingerprint density at radius 1 is 0.750 bits per heavy atom. The van der Waals surface area contributed by atoms with Crippen LogP contribution in [-0.2, 0) is 20.4 Å². The monoisotopic (exact) mass is 678 g/mol. The Labute approximate surface area is 265 Å². The number of para-hydroxylation sites is 1. The third kappa shape index (κ3) is 4.88. The van der Waals surface area contributed by atoms with Crippen molar-refractivity contribution in [3.05, 3.63) is 132 Å². The van der Waals surface area contributed by atoms with Crippen LogP contribution in [-0.4, -0.2) is 19.3 Å². The summed E-state index contributed by atoms with van der Waals surface area (Å²) in [4.78, 5) is 4.61. The third-order valence-electron chi connectivity index (χ3n) is 7.47. The van der Waals surface area contributed by atoms with Crippen LogP contribution in [0.4, 0.5) is 13.2 Å². The quantitative estimate of drug-likeness (QED) is 0.104. The van der Waals surface area contributed by atoms with E-state index in [9.17, 15) is 13.2 Å². The number of nitrogens with zero attached hydrogens (tertiary/aromatic N) is 4. The molecule has 0 atom stereocenters. The summed E-state index contributed by atoms with van der Waals surface area (Å²) in [5.74, 6) is -1.61. The van der Waals surface area contributed by atoms with Gasteiger partial charge in [-0.1, -0.05) is 23.7 Å². The molecule has 0 radical (unpaired) electrons. The number of pyridine rings is 1. The van der Waals surface area contributed by atoms with Crippen molar-refractivity contribution in [2.24, 2.45) is 0 Å². The van der Waals surface area contributed by atoms with Crippen molar-refractivity contribution in [3.63, 3.8) is 0 Å². The van der Waals surface area contributed by atoms with E-state index in [0.29, 0.717) is 28.6 Å². The maximum absolute atomic E-state index is 14.7. The zero-order valence-corrected chi connectivity index (χ0v) is 25.3. The molecule has 0 saturated heterocycles. The molecule has 3 heterocycles. The summed E-state index contributed by atoms with van der Waals surface area (Å²) < 4.78 is 53.1. The molecule has 0 amide bonds. The molecule has 220 valence electrons. The Morgan fingerprint density at radius 3 is 2.34 bits per heavy atom. The summed E-state index contributed by atoms with van der Waals surface area (Å²) in [6.07, 6.45) is 1.79. The Kier molecular flexibility index (Phi) is 7.62. The number of rotatable bonds is 5. The van der Waals surface area contributed by atoms with Crippen LogP contribution in [0, 0.1) is 50.4 Å². The maximum Gasteiger partial charge on any atom is 2.00 e. The minimum atomic E-state index is -1.25. The van der Waals surface area contributed by atoms with E-state index in [0.717, 1.165) is 45.3 Å². The van der Waals surface area contributed by atoms with Gasteiger partial charge < -0.3 is 9.30 Å². The molecule has 0 bridgehead atoms. The van der Waals surface area contributed by atoms with Crippen molar-refractivity contribution in [1.29, 1.82) is 0 Å². The first-order chi connectivity index (χ1) is 20.8. The average Bonchev–Trinajstić information content (AvgIpc) is 3.48.